The Bertz CT molecular complexity index is 292. The third kappa shape index (κ3) is 8.19. The van der Waals surface area contributed by atoms with E-state index in [-0.39, 0.29) is 6.04 Å². The fraction of sp³-hybridized carbons (Fsp3) is 0.950. The first-order valence-electron chi connectivity index (χ1n) is 10.2. The van der Waals surface area contributed by atoms with Crippen molar-refractivity contribution in [1.82, 2.24) is 4.90 Å². The molecule has 1 aliphatic heterocycles. The molecule has 1 saturated heterocycles. The lowest BCUT2D eigenvalue weighted by Gasteiger charge is -2.31. The van der Waals surface area contributed by atoms with Crippen LogP contribution in [-0.2, 0) is 4.79 Å². The lowest BCUT2D eigenvalue weighted by Crippen LogP contribution is -2.43. The van der Waals surface area contributed by atoms with Gasteiger partial charge in [-0.3, -0.25) is 9.69 Å². The molecule has 1 unspecified atom stereocenters. The van der Waals surface area contributed by atoms with Crippen LogP contribution in [0.15, 0.2) is 0 Å². The maximum absolute atomic E-state index is 11.5. The molecule has 0 bridgehead atoms. The van der Waals surface area contributed by atoms with Gasteiger partial charge in [-0.1, -0.05) is 78.1 Å². The highest BCUT2D eigenvalue weighted by molar-refractivity contribution is 5.73. The van der Waals surface area contributed by atoms with Gasteiger partial charge in [0.2, 0.25) is 0 Å². The number of likely N-dealkylation sites (tertiary alicyclic amines) is 1. The Hall–Kier alpha value is -0.570. The largest absolute Gasteiger partial charge is 0.480 e. The van der Waals surface area contributed by atoms with E-state index in [4.69, 9.17) is 0 Å². The van der Waals surface area contributed by atoms with Crippen LogP contribution in [0, 0.1) is 0 Å². The lowest BCUT2D eigenvalue weighted by molar-refractivity contribution is -0.143. The van der Waals surface area contributed by atoms with E-state index in [1.165, 1.54) is 77.0 Å². The van der Waals surface area contributed by atoms with Crippen LogP contribution in [0.3, 0.4) is 0 Å². The number of unbranched alkanes of at least 4 members (excludes halogenated alkanes) is 8. The molecule has 136 valence electrons. The summed E-state index contributed by atoms with van der Waals surface area (Å²) < 4.78 is 0. The molecule has 3 heteroatoms. The smallest absolute Gasteiger partial charge is 0.320 e. The molecule has 0 aliphatic carbocycles. The van der Waals surface area contributed by atoms with Crippen LogP contribution in [0.2, 0.25) is 0 Å². The Kier molecular flexibility index (Phi) is 11.4. The number of aliphatic carboxylic acids is 1. The van der Waals surface area contributed by atoms with E-state index in [1.807, 2.05) is 0 Å². The van der Waals surface area contributed by atoms with Gasteiger partial charge in [0.05, 0.1) is 0 Å². The molecule has 1 rings (SSSR count). The summed E-state index contributed by atoms with van der Waals surface area (Å²) in [6.45, 7) is 5.49. The van der Waals surface area contributed by atoms with E-state index >= 15 is 0 Å². The summed E-state index contributed by atoms with van der Waals surface area (Å²) in [5.74, 6) is -0.607. The third-order valence-electron chi connectivity index (χ3n) is 5.33. The van der Waals surface area contributed by atoms with Crippen molar-refractivity contribution in [3.8, 4) is 0 Å². The van der Waals surface area contributed by atoms with Crippen LogP contribution in [0.1, 0.15) is 104 Å². The van der Waals surface area contributed by atoms with Crippen molar-refractivity contribution in [3.05, 3.63) is 0 Å². The molecule has 0 saturated carbocycles. The quantitative estimate of drug-likeness (QED) is 0.421. The lowest BCUT2D eigenvalue weighted by atomic mass is 9.98. The molecule has 1 atom stereocenters. The highest BCUT2D eigenvalue weighted by Crippen LogP contribution is 2.26. The molecule has 0 aromatic carbocycles. The standard InChI is InChI=1S/C20H39NO2/c1-3-5-7-9-11-14-18(15-12-10-8-6-4-2)21-17-13-16-19(21)20(22)23/h18-19H,3-17H2,1-2H3,(H,22,23). The summed E-state index contributed by atoms with van der Waals surface area (Å²) in [5.41, 5.74) is 0. The molecular formula is C20H39NO2. The summed E-state index contributed by atoms with van der Waals surface area (Å²) in [5, 5.41) is 9.47. The minimum atomic E-state index is -0.607. The minimum Gasteiger partial charge on any atom is -0.480 e. The second-order valence-electron chi connectivity index (χ2n) is 7.29. The molecule has 1 N–H and O–H groups in total. The van der Waals surface area contributed by atoms with Gasteiger partial charge >= 0.3 is 5.97 Å². The van der Waals surface area contributed by atoms with E-state index in [0.29, 0.717) is 6.04 Å². The van der Waals surface area contributed by atoms with Gasteiger partial charge in [-0.15, -0.1) is 0 Å². The number of rotatable bonds is 14. The fourth-order valence-corrected chi connectivity index (χ4v) is 3.93. The van der Waals surface area contributed by atoms with Crippen molar-refractivity contribution in [2.24, 2.45) is 0 Å². The van der Waals surface area contributed by atoms with Gasteiger partial charge in [-0.25, -0.2) is 0 Å². The number of carbonyl (C=O) groups is 1. The Labute approximate surface area is 143 Å². The molecule has 3 nitrogen and oxygen atoms in total. The number of carboxylic acid groups (broad SMARTS) is 1. The second-order valence-corrected chi connectivity index (χ2v) is 7.29. The van der Waals surface area contributed by atoms with E-state index < -0.39 is 5.97 Å². The molecule has 0 amide bonds. The summed E-state index contributed by atoms with van der Waals surface area (Å²) >= 11 is 0. The molecule has 1 heterocycles. The number of nitrogens with zero attached hydrogens (tertiary/aromatic N) is 1. The zero-order valence-corrected chi connectivity index (χ0v) is 15.6. The van der Waals surface area contributed by atoms with Crippen LogP contribution in [0.25, 0.3) is 0 Å². The van der Waals surface area contributed by atoms with Gasteiger partial charge < -0.3 is 5.11 Å². The van der Waals surface area contributed by atoms with Gasteiger partial charge in [0, 0.05) is 6.04 Å². The van der Waals surface area contributed by atoms with Crippen molar-refractivity contribution in [1.29, 1.82) is 0 Å². The van der Waals surface area contributed by atoms with Gasteiger partial charge in [0.1, 0.15) is 6.04 Å². The van der Waals surface area contributed by atoms with Crippen LogP contribution in [0.4, 0.5) is 0 Å². The first-order valence-corrected chi connectivity index (χ1v) is 10.2. The topological polar surface area (TPSA) is 40.5 Å². The third-order valence-corrected chi connectivity index (χ3v) is 5.33. The number of hydrogen-bond donors (Lipinski definition) is 1. The van der Waals surface area contributed by atoms with E-state index in [0.717, 1.165) is 19.4 Å². The summed E-state index contributed by atoms with van der Waals surface area (Å²) in [6, 6.07) is 0.285. The van der Waals surface area contributed by atoms with Crippen molar-refractivity contribution >= 4 is 5.97 Å². The average Bonchev–Trinajstić information content (AvgIpc) is 3.02. The molecule has 1 aliphatic rings. The highest BCUT2D eigenvalue weighted by atomic mass is 16.4. The van der Waals surface area contributed by atoms with Gasteiger partial charge in [0.15, 0.2) is 0 Å². The summed E-state index contributed by atoms with van der Waals surface area (Å²) in [6.07, 6.45) is 17.4. The highest BCUT2D eigenvalue weighted by Gasteiger charge is 2.34. The van der Waals surface area contributed by atoms with Crippen molar-refractivity contribution in [3.63, 3.8) is 0 Å². The van der Waals surface area contributed by atoms with E-state index in [1.54, 1.807) is 0 Å². The van der Waals surface area contributed by atoms with Crippen molar-refractivity contribution in [2.45, 2.75) is 116 Å². The average molecular weight is 326 g/mol. The molecular weight excluding hydrogens is 286 g/mol. The van der Waals surface area contributed by atoms with Crippen LogP contribution < -0.4 is 0 Å². The maximum atomic E-state index is 11.5. The Morgan fingerprint density at radius 1 is 0.957 bits per heavy atom. The van der Waals surface area contributed by atoms with Crippen molar-refractivity contribution < 1.29 is 9.90 Å². The van der Waals surface area contributed by atoms with Gasteiger partial charge in [-0.2, -0.15) is 0 Å². The zero-order chi connectivity index (χ0) is 16.9. The fourth-order valence-electron chi connectivity index (χ4n) is 3.93. The van der Waals surface area contributed by atoms with Crippen molar-refractivity contribution in [2.75, 3.05) is 6.54 Å². The molecule has 0 aromatic rings. The molecule has 23 heavy (non-hydrogen) atoms. The SMILES string of the molecule is CCCCCCCC(CCCCCCC)N1CCCC1C(=O)O. The van der Waals surface area contributed by atoms with Crippen LogP contribution in [-0.4, -0.2) is 34.6 Å². The molecule has 0 aromatic heterocycles. The molecule has 1 fully saturated rings. The first-order chi connectivity index (χ1) is 11.2. The van der Waals surface area contributed by atoms with E-state index in [9.17, 15) is 9.90 Å². The van der Waals surface area contributed by atoms with E-state index in [2.05, 4.69) is 18.7 Å². The predicted molar refractivity (Wildman–Crippen MR) is 97.9 cm³/mol. The van der Waals surface area contributed by atoms with Gasteiger partial charge in [0.25, 0.3) is 0 Å². The summed E-state index contributed by atoms with van der Waals surface area (Å²) in [7, 11) is 0. The zero-order valence-electron chi connectivity index (χ0n) is 15.6. The normalized spacial score (nSPS) is 18.8. The molecule has 0 spiro atoms. The Morgan fingerprint density at radius 2 is 1.48 bits per heavy atom. The molecule has 0 radical (unpaired) electrons. The summed E-state index contributed by atoms with van der Waals surface area (Å²) in [4.78, 5) is 13.8. The monoisotopic (exact) mass is 325 g/mol. The second kappa shape index (κ2) is 12.8. The number of carboxylic acids is 1. The van der Waals surface area contributed by atoms with Gasteiger partial charge in [-0.05, 0) is 32.2 Å². The predicted octanol–water partition coefficient (Wildman–Crippen LogP) is 5.63. The first kappa shape index (κ1) is 20.5. The Balaban J connectivity index is 2.41. The maximum Gasteiger partial charge on any atom is 0.320 e. The minimum absolute atomic E-state index is 0.216. The van der Waals surface area contributed by atoms with Crippen LogP contribution >= 0.6 is 0 Å². The number of hydrogen-bond acceptors (Lipinski definition) is 2. The Morgan fingerprint density at radius 3 is 1.96 bits per heavy atom. The van der Waals surface area contributed by atoms with Crippen LogP contribution in [0.5, 0.6) is 0 Å².